The van der Waals surface area contributed by atoms with Gasteiger partial charge in [-0.05, 0) is 19.8 Å². The van der Waals surface area contributed by atoms with Crippen LogP contribution in [0.2, 0.25) is 0 Å². The number of hydrogen-bond acceptors (Lipinski definition) is 2. The Kier molecular flexibility index (Phi) is 2.49. The average molecular weight is 139 g/mol. The summed E-state index contributed by atoms with van der Waals surface area (Å²) in [4.78, 5) is 0. The highest BCUT2D eigenvalue weighted by atomic mass is 16.5. The quantitative estimate of drug-likeness (QED) is 0.642. The Hall–Kier alpha value is -0.790. The zero-order valence-electron chi connectivity index (χ0n) is 6.55. The molecule has 0 fully saturated rings. The third-order valence-corrected chi connectivity index (χ3v) is 1.46. The molecule has 0 aliphatic heterocycles. The summed E-state index contributed by atoms with van der Waals surface area (Å²) < 4.78 is 4.91. The Morgan fingerprint density at radius 2 is 2.40 bits per heavy atom. The lowest BCUT2D eigenvalue weighted by Gasteiger charge is -1.88. The van der Waals surface area contributed by atoms with Crippen molar-refractivity contribution >= 4 is 0 Å². The Labute approximate surface area is 61.2 Å². The molecule has 56 valence electrons. The number of unbranched alkanes of at least 4 members (excludes halogenated alkanes) is 1. The summed E-state index contributed by atoms with van der Waals surface area (Å²) in [6, 6.07) is 2.00. The van der Waals surface area contributed by atoms with E-state index in [1.807, 2.05) is 13.0 Å². The van der Waals surface area contributed by atoms with Gasteiger partial charge < -0.3 is 4.52 Å². The largest absolute Gasteiger partial charge is 0.361 e. The van der Waals surface area contributed by atoms with Gasteiger partial charge in [0.05, 0.1) is 5.69 Å². The highest BCUT2D eigenvalue weighted by Gasteiger charge is 1.97. The van der Waals surface area contributed by atoms with E-state index in [-0.39, 0.29) is 0 Å². The smallest absolute Gasteiger partial charge is 0.133 e. The fourth-order valence-corrected chi connectivity index (χ4v) is 0.894. The molecule has 1 aromatic rings. The first kappa shape index (κ1) is 7.32. The summed E-state index contributed by atoms with van der Waals surface area (Å²) in [5.74, 6) is 0.908. The van der Waals surface area contributed by atoms with Gasteiger partial charge in [0.1, 0.15) is 5.76 Å². The minimum atomic E-state index is 0.908. The standard InChI is InChI=1S/C8H13NO/c1-3-4-5-8-6-7(2)10-9-8/h6H,3-5H2,1-2H3. The van der Waals surface area contributed by atoms with E-state index < -0.39 is 0 Å². The maximum atomic E-state index is 4.91. The SMILES string of the molecule is CCCCc1cc(C)on1. The second-order valence-electron chi connectivity index (χ2n) is 2.53. The first-order chi connectivity index (χ1) is 4.83. The van der Waals surface area contributed by atoms with Gasteiger partial charge in [0.25, 0.3) is 0 Å². The van der Waals surface area contributed by atoms with E-state index in [4.69, 9.17) is 4.52 Å². The molecule has 0 aliphatic rings. The molecule has 0 saturated heterocycles. The highest BCUT2D eigenvalue weighted by Crippen LogP contribution is 2.04. The van der Waals surface area contributed by atoms with E-state index in [9.17, 15) is 0 Å². The van der Waals surface area contributed by atoms with Crippen LogP contribution in [0.25, 0.3) is 0 Å². The molecule has 0 aliphatic carbocycles. The number of hydrogen-bond donors (Lipinski definition) is 0. The molecule has 0 atom stereocenters. The monoisotopic (exact) mass is 139 g/mol. The summed E-state index contributed by atoms with van der Waals surface area (Å²) in [7, 11) is 0. The highest BCUT2D eigenvalue weighted by molar-refractivity contribution is 5.03. The lowest BCUT2D eigenvalue weighted by atomic mass is 10.2. The van der Waals surface area contributed by atoms with Crippen molar-refractivity contribution in [1.29, 1.82) is 0 Å². The first-order valence-corrected chi connectivity index (χ1v) is 3.75. The molecule has 1 heterocycles. The van der Waals surface area contributed by atoms with Gasteiger partial charge in [0, 0.05) is 6.07 Å². The molecule has 0 unspecified atom stereocenters. The van der Waals surface area contributed by atoms with Crippen LogP contribution >= 0.6 is 0 Å². The Balaban J connectivity index is 2.42. The van der Waals surface area contributed by atoms with Gasteiger partial charge in [-0.15, -0.1) is 0 Å². The third kappa shape index (κ3) is 1.87. The Morgan fingerprint density at radius 1 is 1.60 bits per heavy atom. The average Bonchev–Trinajstić information content (AvgIpc) is 2.31. The molecule has 0 radical (unpaired) electrons. The van der Waals surface area contributed by atoms with Crippen molar-refractivity contribution in [2.24, 2.45) is 0 Å². The van der Waals surface area contributed by atoms with Crippen LogP contribution in [0.3, 0.4) is 0 Å². The van der Waals surface area contributed by atoms with Crippen LogP contribution < -0.4 is 0 Å². The van der Waals surface area contributed by atoms with E-state index in [0.29, 0.717) is 0 Å². The van der Waals surface area contributed by atoms with Crippen molar-refractivity contribution in [1.82, 2.24) is 5.16 Å². The molecule has 2 heteroatoms. The van der Waals surface area contributed by atoms with Crippen LogP contribution in [-0.2, 0) is 6.42 Å². The zero-order valence-corrected chi connectivity index (χ0v) is 6.55. The summed E-state index contributed by atoms with van der Waals surface area (Å²) in [6.07, 6.45) is 3.46. The molecule has 0 amide bonds. The van der Waals surface area contributed by atoms with E-state index in [1.54, 1.807) is 0 Å². The summed E-state index contributed by atoms with van der Waals surface area (Å²) in [5, 5.41) is 3.88. The number of nitrogens with zero attached hydrogens (tertiary/aromatic N) is 1. The molecular formula is C8H13NO. The number of aryl methyl sites for hydroxylation is 2. The first-order valence-electron chi connectivity index (χ1n) is 3.75. The van der Waals surface area contributed by atoms with Crippen LogP contribution in [0.15, 0.2) is 10.6 Å². The molecule has 0 aromatic carbocycles. The van der Waals surface area contributed by atoms with E-state index in [0.717, 1.165) is 17.9 Å². The lowest BCUT2D eigenvalue weighted by Crippen LogP contribution is -1.82. The Bertz CT molecular complexity index is 193. The molecular weight excluding hydrogens is 126 g/mol. The topological polar surface area (TPSA) is 26.0 Å². The van der Waals surface area contributed by atoms with Crippen molar-refractivity contribution in [3.8, 4) is 0 Å². The molecule has 1 rings (SSSR count). The van der Waals surface area contributed by atoms with E-state index >= 15 is 0 Å². The predicted octanol–water partition coefficient (Wildman–Crippen LogP) is 2.33. The summed E-state index contributed by atoms with van der Waals surface area (Å²) in [6.45, 7) is 4.09. The van der Waals surface area contributed by atoms with Crippen LogP contribution in [0.1, 0.15) is 31.2 Å². The lowest BCUT2D eigenvalue weighted by molar-refractivity contribution is 0.390. The number of rotatable bonds is 3. The molecule has 0 saturated carbocycles. The molecule has 1 aromatic heterocycles. The molecule has 0 bridgehead atoms. The van der Waals surface area contributed by atoms with Gasteiger partial charge in [-0.25, -0.2) is 0 Å². The van der Waals surface area contributed by atoms with Crippen molar-refractivity contribution in [3.05, 3.63) is 17.5 Å². The normalized spacial score (nSPS) is 10.2. The van der Waals surface area contributed by atoms with E-state index in [1.165, 1.54) is 12.8 Å². The minimum Gasteiger partial charge on any atom is -0.361 e. The predicted molar refractivity (Wildman–Crippen MR) is 39.9 cm³/mol. The van der Waals surface area contributed by atoms with Crippen molar-refractivity contribution < 1.29 is 4.52 Å². The second kappa shape index (κ2) is 3.40. The van der Waals surface area contributed by atoms with Crippen molar-refractivity contribution in [3.63, 3.8) is 0 Å². The maximum absolute atomic E-state index is 4.91. The van der Waals surface area contributed by atoms with Crippen molar-refractivity contribution in [2.45, 2.75) is 33.1 Å². The van der Waals surface area contributed by atoms with Crippen molar-refractivity contribution in [2.75, 3.05) is 0 Å². The van der Waals surface area contributed by atoms with Gasteiger partial charge in [-0.2, -0.15) is 0 Å². The van der Waals surface area contributed by atoms with Crippen LogP contribution in [0.4, 0.5) is 0 Å². The van der Waals surface area contributed by atoms with Gasteiger partial charge in [-0.3, -0.25) is 0 Å². The molecule has 2 nitrogen and oxygen atoms in total. The third-order valence-electron chi connectivity index (χ3n) is 1.46. The maximum Gasteiger partial charge on any atom is 0.133 e. The minimum absolute atomic E-state index is 0.908. The van der Waals surface area contributed by atoms with Gasteiger partial charge >= 0.3 is 0 Å². The Morgan fingerprint density at radius 3 is 2.90 bits per heavy atom. The molecule has 0 spiro atoms. The van der Waals surface area contributed by atoms with Crippen LogP contribution in [0, 0.1) is 6.92 Å². The zero-order chi connectivity index (χ0) is 7.40. The van der Waals surface area contributed by atoms with E-state index in [2.05, 4.69) is 12.1 Å². The molecule has 0 N–H and O–H groups in total. The number of aromatic nitrogens is 1. The van der Waals surface area contributed by atoms with Crippen LogP contribution in [-0.4, -0.2) is 5.16 Å². The molecule has 10 heavy (non-hydrogen) atoms. The van der Waals surface area contributed by atoms with Crippen LogP contribution in [0.5, 0.6) is 0 Å². The second-order valence-corrected chi connectivity index (χ2v) is 2.53. The van der Waals surface area contributed by atoms with Gasteiger partial charge in [0.15, 0.2) is 0 Å². The summed E-state index contributed by atoms with van der Waals surface area (Å²) in [5.41, 5.74) is 1.08. The van der Waals surface area contributed by atoms with Gasteiger partial charge in [0.2, 0.25) is 0 Å². The van der Waals surface area contributed by atoms with Gasteiger partial charge in [-0.1, -0.05) is 18.5 Å². The fourth-order valence-electron chi connectivity index (χ4n) is 0.894. The summed E-state index contributed by atoms with van der Waals surface area (Å²) >= 11 is 0. The fraction of sp³-hybridized carbons (Fsp3) is 0.625.